The number of nitrogens with zero attached hydrogens (tertiary/aromatic N) is 2. The predicted octanol–water partition coefficient (Wildman–Crippen LogP) is 4.95. The van der Waals surface area contributed by atoms with Crippen molar-refractivity contribution in [1.82, 2.24) is 0 Å². The highest BCUT2D eigenvalue weighted by molar-refractivity contribution is 8.03. The molecule has 0 atom stereocenters. The van der Waals surface area contributed by atoms with Crippen molar-refractivity contribution < 1.29 is 26.5 Å². The van der Waals surface area contributed by atoms with E-state index in [1.165, 1.54) is 39.1 Å². The Morgan fingerprint density at radius 2 is 1.91 bits per heavy atom. The average molecular weight is 515 g/mol. The Kier molecular flexibility index (Phi) is 8.96. The molecule has 1 aliphatic heterocycles. The Bertz CT molecular complexity index is 1350. The highest BCUT2D eigenvalue weighted by atomic mass is 32.3. The van der Waals surface area contributed by atoms with Crippen LogP contribution in [0.15, 0.2) is 71.1 Å². The molecule has 0 radical (unpaired) electrons. The van der Waals surface area contributed by atoms with E-state index in [9.17, 15) is 13.0 Å². The van der Waals surface area contributed by atoms with Crippen molar-refractivity contribution in [2.24, 2.45) is 7.05 Å². The van der Waals surface area contributed by atoms with Crippen LogP contribution in [0.3, 0.4) is 0 Å². The van der Waals surface area contributed by atoms with Gasteiger partial charge in [0.25, 0.3) is 0 Å². The maximum atomic E-state index is 9.45. The van der Waals surface area contributed by atoms with Gasteiger partial charge in [-0.1, -0.05) is 36.5 Å². The predicted molar refractivity (Wildman–Crippen MR) is 140 cm³/mol. The lowest BCUT2D eigenvalue weighted by Gasteiger charge is -2.18. The van der Waals surface area contributed by atoms with Crippen LogP contribution in [0.5, 0.6) is 5.75 Å². The third-order valence-corrected chi connectivity index (χ3v) is 6.97. The molecule has 9 heteroatoms. The van der Waals surface area contributed by atoms with E-state index < -0.39 is 10.4 Å². The van der Waals surface area contributed by atoms with Crippen LogP contribution < -0.4 is 14.2 Å². The van der Waals surface area contributed by atoms with Gasteiger partial charge < -0.3 is 14.2 Å². The molecule has 2 heterocycles. The number of ether oxygens (including phenoxy) is 1. The number of hydrogen-bond acceptors (Lipinski definition) is 7. The largest absolute Gasteiger partial charge is 0.726 e. The Balaban J connectivity index is 0.000000429. The fourth-order valence-electron chi connectivity index (χ4n) is 3.75. The summed E-state index contributed by atoms with van der Waals surface area (Å²) in [6.07, 6.45) is 4.06. The van der Waals surface area contributed by atoms with Gasteiger partial charge in [0, 0.05) is 35.0 Å². The van der Waals surface area contributed by atoms with E-state index in [2.05, 4.69) is 95.7 Å². The zero-order chi connectivity index (χ0) is 25.6. The number of benzene rings is 2. The molecule has 0 amide bonds. The van der Waals surface area contributed by atoms with Crippen LogP contribution in [0, 0.1) is 6.92 Å². The van der Waals surface area contributed by atoms with Gasteiger partial charge in [-0.25, -0.2) is 8.42 Å². The summed E-state index contributed by atoms with van der Waals surface area (Å²) in [5.41, 5.74) is 4.83. The molecule has 4 rings (SSSR count). The molecule has 35 heavy (non-hydrogen) atoms. The highest BCUT2D eigenvalue weighted by Gasteiger charge is 2.26. The van der Waals surface area contributed by atoms with Crippen LogP contribution in [0.25, 0.3) is 17.0 Å². The quantitative estimate of drug-likeness (QED) is 0.191. The summed E-state index contributed by atoms with van der Waals surface area (Å²) in [5.74, 6) is 0.930. The number of aromatic nitrogens is 1. The topological polar surface area (TPSA) is 82.8 Å². The minimum Gasteiger partial charge on any atom is -0.726 e. The smallest absolute Gasteiger partial charge is 0.217 e. The van der Waals surface area contributed by atoms with Crippen LogP contribution in [-0.4, -0.2) is 32.7 Å². The molecular formula is C26H30N2O5S2. The maximum absolute atomic E-state index is 9.45. The monoisotopic (exact) mass is 514 g/mol. The number of anilines is 1. The first-order chi connectivity index (χ1) is 16.7. The summed E-state index contributed by atoms with van der Waals surface area (Å²) in [6, 6.07) is 17.2. The number of pyridine rings is 1. The third kappa shape index (κ3) is 6.64. The van der Waals surface area contributed by atoms with Crippen molar-refractivity contribution in [2.45, 2.75) is 25.7 Å². The number of thioether (sulfide) groups is 1. The molecule has 7 nitrogen and oxygen atoms in total. The van der Waals surface area contributed by atoms with Crippen molar-refractivity contribution in [1.29, 1.82) is 0 Å². The third-order valence-electron chi connectivity index (χ3n) is 5.35. The second-order valence-corrected chi connectivity index (χ2v) is 9.82. The number of aryl methyl sites for hydroxylation is 2. The van der Waals surface area contributed by atoms with Gasteiger partial charge in [-0.3, -0.25) is 4.18 Å². The van der Waals surface area contributed by atoms with Crippen molar-refractivity contribution in [3.8, 4) is 5.75 Å². The molecule has 0 saturated carbocycles. The molecule has 0 unspecified atom stereocenters. The van der Waals surface area contributed by atoms with Gasteiger partial charge in [-0.05, 0) is 50.6 Å². The minimum atomic E-state index is -4.42. The zero-order valence-corrected chi connectivity index (χ0v) is 22.0. The van der Waals surface area contributed by atoms with Crippen molar-refractivity contribution in [2.75, 3.05) is 24.7 Å². The molecule has 2 aromatic carbocycles. The van der Waals surface area contributed by atoms with Crippen molar-refractivity contribution in [3.63, 3.8) is 0 Å². The first-order valence-electron chi connectivity index (χ1n) is 11.2. The van der Waals surface area contributed by atoms with E-state index in [1.54, 1.807) is 17.8 Å². The Morgan fingerprint density at radius 1 is 1.17 bits per heavy atom. The molecule has 1 aromatic heterocycles. The van der Waals surface area contributed by atoms with Crippen molar-refractivity contribution in [3.05, 3.63) is 77.5 Å². The molecule has 0 fully saturated rings. The average Bonchev–Trinajstić information content (AvgIpc) is 3.14. The zero-order valence-electron chi connectivity index (χ0n) is 20.4. The fraction of sp³-hybridized carbons (Fsp3) is 0.269. The first kappa shape index (κ1) is 26.7. The summed E-state index contributed by atoms with van der Waals surface area (Å²) in [6.45, 7) is 10.8. The van der Waals surface area contributed by atoms with Crippen LogP contribution in [0.1, 0.15) is 25.1 Å². The summed E-state index contributed by atoms with van der Waals surface area (Å²) >= 11 is 1.80. The number of para-hydroxylation sites is 1. The van der Waals surface area contributed by atoms with Gasteiger partial charge in [0.2, 0.25) is 21.6 Å². The van der Waals surface area contributed by atoms with Crippen LogP contribution in [0.2, 0.25) is 0 Å². The lowest BCUT2D eigenvalue weighted by atomic mass is 10.1. The minimum absolute atomic E-state index is 0.0914. The van der Waals surface area contributed by atoms with E-state index in [4.69, 9.17) is 4.74 Å². The van der Waals surface area contributed by atoms with E-state index in [-0.39, 0.29) is 6.61 Å². The second kappa shape index (κ2) is 11.7. The first-order valence-corrected chi connectivity index (χ1v) is 13.4. The maximum Gasteiger partial charge on any atom is 0.217 e. The summed E-state index contributed by atoms with van der Waals surface area (Å²) in [7, 11) is -2.30. The molecular weight excluding hydrogens is 484 g/mol. The van der Waals surface area contributed by atoms with Crippen molar-refractivity contribution >= 4 is 44.8 Å². The molecule has 3 aromatic rings. The molecule has 0 N–H and O–H groups in total. The number of fused-ring (bicyclic) bond motifs is 2. The van der Waals surface area contributed by atoms with Gasteiger partial charge in [-0.15, -0.1) is 0 Å². The van der Waals surface area contributed by atoms with Gasteiger partial charge in [0.15, 0.2) is 0 Å². The molecule has 0 spiro atoms. The van der Waals surface area contributed by atoms with Gasteiger partial charge in [0.05, 0.1) is 17.3 Å². The normalized spacial score (nSPS) is 14.0. The lowest BCUT2D eigenvalue weighted by molar-refractivity contribution is -0.646. The Morgan fingerprint density at radius 3 is 2.54 bits per heavy atom. The SMILES string of the molecule is C=CCOc1cc2c(cc1C)N(CC)/C(=C/c1ccc3ccccc3[n+]1C)S2.CCOS(=O)(=O)[O-]. The van der Waals surface area contributed by atoms with Gasteiger partial charge in [0.1, 0.15) is 19.4 Å². The molecule has 1 aliphatic rings. The standard InChI is InChI=1S/C24H25N2OS.C2H6O4S/c1-5-13-27-22-16-23-21(14-17(22)3)26(6-2)24(28-23)15-19-12-11-18-9-7-8-10-20(18)25(19)4;1-2-6-7(3,4)5/h5,7-12,14-16H,1,6,13H2,2-4H3;2H2,1H3,(H,3,4,5)/q+1;/p-1. The second-order valence-electron chi connectivity index (χ2n) is 7.70. The molecule has 0 aliphatic carbocycles. The van der Waals surface area contributed by atoms with Gasteiger partial charge >= 0.3 is 0 Å². The lowest BCUT2D eigenvalue weighted by Crippen LogP contribution is -2.33. The summed E-state index contributed by atoms with van der Waals surface area (Å²) in [4.78, 5) is 3.61. The molecule has 0 saturated heterocycles. The Hall–Kier alpha value is -2.85. The van der Waals surface area contributed by atoms with E-state index >= 15 is 0 Å². The molecule has 186 valence electrons. The van der Waals surface area contributed by atoms with Crippen LogP contribution in [0.4, 0.5) is 5.69 Å². The molecule has 0 bridgehead atoms. The van der Waals surface area contributed by atoms with Gasteiger partial charge in [-0.2, -0.15) is 4.57 Å². The van der Waals surface area contributed by atoms with E-state index in [1.807, 2.05) is 0 Å². The summed E-state index contributed by atoms with van der Waals surface area (Å²) < 4.78 is 40.1. The van der Waals surface area contributed by atoms with E-state index in [0.717, 1.165) is 17.9 Å². The van der Waals surface area contributed by atoms with Crippen LogP contribution >= 0.6 is 11.8 Å². The number of hydrogen-bond donors (Lipinski definition) is 0. The fourth-order valence-corrected chi connectivity index (χ4v) is 5.22. The Labute approximate surface area is 211 Å². The van der Waals surface area contributed by atoms with Crippen LogP contribution in [-0.2, 0) is 21.6 Å². The summed E-state index contributed by atoms with van der Waals surface area (Å²) in [5, 5.41) is 2.49. The highest BCUT2D eigenvalue weighted by Crippen LogP contribution is 2.48. The number of rotatable bonds is 7. The van der Waals surface area contributed by atoms with E-state index in [0.29, 0.717) is 6.61 Å².